The van der Waals surface area contributed by atoms with Crippen LogP contribution in [0.15, 0.2) is 23.4 Å². The van der Waals surface area contributed by atoms with E-state index in [2.05, 4.69) is 15.2 Å². The molecule has 0 aliphatic carbocycles. The fourth-order valence-corrected chi connectivity index (χ4v) is 2.96. The van der Waals surface area contributed by atoms with E-state index in [0.29, 0.717) is 12.5 Å². The number of piperidine rings is 1. The predicted octanol–water partition coefficient (Wildman–Crippen LogP) is 2.77. The van der Waals surface area contributed by atoms with E-state index in [1.807, 2.05) is 7.05 Å². The van der Waals surface area contributed by atoms with Crippen molar-refractivity contribution in [1.82, 2.24) is 15.2 Å². The highest BCUT2D eigenvalue weighted by Crippen LogP contribution is 2.37. The minimum atomic E-state index is -4.46. The Labute approximate surface area is 131 Å². The van der Waals surface area contributed by atoms with E-state index in [1.54, 1.807) is 0 Å². The number of hydrogen-bond acceptors (Lipinski definition) is 4. The molecular weight excluding hydrogens is 315 g/mol. The van der Waals surface area contributed by atoms with Gasteiger partial charge in [-0.25, -0.2) is 4.98 Å². The molecule has 1 N–H and O–H groups in total. The van der Waals surface area contributed by atoms with Crippen molar-refractivity contribution in [2.75, 3.05) is 26.7 Å². The third-order valence-corrected chi connectivity index (χ3v) is 4.37. The Morgan fingerprint density at radius 3 is 2.77 bits per heavy atom. The number of carbonyl (C=O) groups excluding carboxylic acids is 1. The van der Waals surface area contributed by atoms with Gasteiger partial charge in [0, 0.05) is 24.5 Å². The molecule has 0 bridgehead atoms. The highest BCUT2D eigenvalue weighted by Gasteiger charge is 2.32. The lowest BCUT2D eigenvalue weighted by molar-refractivity contribution is -0.0329. The van der Waals surface area contributed by atoms with Gasteiger partial charge in [0.1, 0.15) is 5.03 Å². The summed E-state index contributed by atoms with van der Waals surface area (Å²) in [4.78, 5) is 18.0. The van der Waals surface area contributed by atoms with Crippen molar-refractivity contribution < 1.29 is 18.0 Å². The summed E-state index contributed by atoms with van der Waals surface area (Å²) in [5.41, 5.74) is -4.49. The van der Waals surface area contributed by atoms with E-state index in [1.165, 1.54) is 18.3 Å². The van der Waals surface area contributed by atoms with Crippen LogP contribution >= 0.6 is 11.8 Å². The second-order valence-corrected chi connectivity index (χ2v) is 6.41. The van der Waals surface area contributed by atoms with Crippen LogP contribution in [0.25, 0.3) is 0 Å². The van der Waals surface area contributed by atoms with E-state index in [-0.39, 0.29) is 22.4 Å². The molecule has 1 aliphatic heterocycles. The van der Waals surface area contributed by atoms with Crippen molar-refractivity contribution in [3.8, 4) is 0 Å². The van der Waals surface area contributed by atoms with Gasteiger partial charge in [0.2, 0.25) is 0 Å². The van der Waals surface area contributed by atoms with Crippen LogP contribution in [0.4, 0.5) is 13.2 Å². The Bertz CT molecular complexity index is 516. The van der Waals surface area contributed by atoms with Gasteiger partial charge >= 0.3 is 5.51 Å². The highest BCUT2D eigenvalue weighted by atomic mass is 32.2. The highest BCUT2D eigenvalue weighted by molar-refractivity contribution is 8.00. The zero-order valence-corrected chi connectivity index (χ0v) is 13.0. The molecule has 122 valence electrons. The summed E-state index contributed by atoms with van der Waals surface area (Å²) in [5, 5.41) is 2.42. The molecule has 1 amide bonds. The third-order valence-electron chi connectivity index (χ3n) is 3.62. The summed E-state index contributed by atoms with van der Waals surface area (Å²) in [6.07, 6.45) is 3.21. The van der Waals surface area contributed by atoms with Crippen LogP contribution in [-0.4, -0.2) is 48.0 Å². The smallest absolute Gasteiger partial charge is 0.352 e. The Balaban J connectivity index is 1.95. The summed E-state index contributed by atoms with van der Waals surface area (Å²) in [5.74, 6) is -0.130. The Hall–Kier alpha value is -1.28. The molecule has 0 unspecified atom stereocenters. The predicted molar refractivity (Wildman–Crippen MR) is 78.7 cm³/mol. The van der Waals surface area contributed by atoms with Crippen molar-refractivity contribution >= 4 is 17.7 Å². The fraction of sp³-hybridized carbons (Fsp3) is 0.571. The SMILES string of the molecule is CN1CCC(CNC(=O)c2cccnc2SC(F)(F)F)CC1. The maximum absolute atomic E-state index is 12.5. The number of likely N-dealkylation sites (tertiary alicyclic amines) is 1. The Morgan fingerprint density at radius 2 is 2.14 bits per heavy atom. The van der Waals surface area contributed by atoms with Gasteiger partial charge in [0.05, 0.1) is 5.56 Å². The van der Waals surface area contributed by atoms with Crippen molar-refractivity contribution in [1.29, 1.82) is 0 Å². The number of carbonyl (C=O) groups is 1. The topological polar surface area (TPSA) is 45.2 Å². The average molecular weight is 333 g/mol. The van der Waals surface area contributed by atoms with Gasteiger partial charge < -0.3 is 10.2 Å². The molecule has 0 saturated carbocycles. The minimum absolute atomic E-state index is 0.0299. The zero-order chi connectivity index (χ0) is 16.2. The molecule has 1 aliphatic rings. The molecule has 1 aromatic rings. The number of aromatic nitrogens is 1. The number of nitrogens with one attached hydrogen (secondary N) is 1. The molecule has 0 aromatic carbocycles. The Kier molecular flexibility index (Phi) is 5.69. The average Bonchev–Trinajstić information content (AvgIpc) is 2.45. The lowest BCUT2D eigenvalue weighted by Crippen LogP contribution is -2.37. The van der Waals surface area contributed by atoms with Crippen LogP contribution in [0.3, 0.4) is 0 Å². The normalized spacial score (nSPS) is 17.5. The van der Waals surface area contributed by atoms with Gasteiger partial charge in [-0.3, -0.25) is 4.79 Å². The van der Waals surface area contributed by atoms with E-state index < -0.39 is 11.4 Å². The van der Waals surface area contributed by atoms with E-state index in [0.717, 1.165) is 25.9 Å². The van der Waals surface area contributed by atoms with Crippen LogP contribution in [0.2, 0.25) is 0 Å². The first-order chi connectivity index (χ1) is 10.3. The molecule has 0 atom stereocenters. The number of pyridine rings is 1. The number of thioether (sulfide) groups is 1. The fourth-order valence-electron chi connectivity index (χ4n) is 2.35. The number of amides is 1. The number of hydrogen-bond donors (Lipinski definition) is 1. The van der Waals surface area contributed by atoms with E-state index in [9.17, 15) is 18.0 Å². The molecule has 1 aromatic heterocycles. The van der Waals surface area contributed by atoms with Crippen molar-refractivity contribution in [2.24, 2.45) is 5.92 Å². The number of alkyl halides is 3. The molecule has 1 fully saturated rings. The number of nitrogens with zero attached hydrogens (tertiary/aromatic N) is 2. The second-order valence-electron chi connectivity index (χ2n) is 5.36. The standard InChI is InChI=1S/C14H18F3N3OS/c1-20-7-4-10(5-8-20)9-19-12(21)11-3-2-6-18-13(11)22-14(15,16)17/h2-3,6,10H,4-5,7-9H2,1H3,(H,19,21). The summed E-state index contributed by atoms with van der Waals surface area (Å²) in [6, 6.07) is 2.83. The molecule has 4 nitrogen and oxygen atoms in total. The summed E-state index contributed by atoms with van der Waals surface area (Å²) in [7, 11) is 2.05. The van der Waals surface area contributed by atoms with Crippen molar-refractivity contribution in [3.63, 3.8) is 0 Å². The maximum atomic E-state index is 12.5. The largest absolute Gasteiger partial charge is 0.447 e. The molecule has 1 saturated heterocycles. The molecule has 2 rings (SSSR count). The first-order valence-electron chi connectivity index (χ1n) is 7.02. The zero-order valence-electron chi connectivity index (χ0n) is 12.2. The van der Waals surface area contributed by atoms with Gasteiger partial charge in [-0.15, -0.1) is 0 Å². The molecule has 0 spiro atoms. The molecular formula is C14H18F3N3OS. The monoisotopic (exact) mass is 333 g/mol. The molecule has 0 radical (unpaired) electrons. The second kappa shape index (κ2) is 7.32. The maximum Gasteiger partial charge on any atom is 0.447 e. The van der Waals surface area contributed by atoms with Crippen LogP contribution in [0, 0.1) is 5.92 Å². The van der Waals surface area contributed by atoms with E-state index >= 15 is 0 Å². The Morgan fingerprint density at radius 1 is 1.45 bits per heavy atom. The quantitative estimate of drug-likeness (QED) is 0.861. The van der Waals surface area contributed by atoms with Gasteiger partial charge in [-0.05, 0) is 51.0 Å². The van der Waals surface area contributed by atoms with Crippen molar-refractivity contribution in [3.05, 3.63) is 23.9 Å². The van der Waals surface area contributed by atoms with Gasteiger partial charge in [0.15, 0.2) is 0 Å². The molecule has 8 heteroatoms. The summed E-state index contributed by atoms with van der Waals surface area (Å²) >= 11 is -0.361. The number of rotatable bonds is 4. The lowest BCUT2D eigenvalue weighted by Gasteiger charge is -2.28. The minimum Gasteiger partial charge on any atom is -0.352 e. The van der Waals surface area contributed by atoms with Gasteiger partial charge in [-0.2, -0.15) is 13.2 Å². The van der Waals surface area contributed by atoms with Crippen LogP contribution in [0.1, 0.15) is 23.2 Å². The molecule has 2 heterocycles. The van der Waals surface area contributed by atoms with Gasteiger partial charge in [-0.1, -0.05) is 0 Å². The van der Waals surface area contributed by atoms with Crippen molar-refractivity contribution in [2.45, 2.75) is 23.4 Å². The first-order valence-corrected chi connectivity index (χ1v) is 7.84. The third kappa shape index (κ3) is 5.17. The summed E-state index contributed by atoms with van der Waals surface area (Å²) < 4.78 is 37.5. The lowest BCUT2D eigenvalue weighted by atomic mass is 9.97. The summed E-state index contributed by atoms with van der Waals surface area (Å²) in [6.45, 7) is 2.43. The van der Waals surface area contributed by atoms with Crippen LogP contribution in [-0.2, 0) is 0 Å². The van der Waals surface area contributed by atoms with Crippen LogP contribution < -0.4 is 5.32 Å². The molecule has 22 heavy (non-hydrogen) atoms. The van der Waals surface area contributed by atoms with E-state index in [4.69, 9.17) is 0 Å². The number of halogens is 3. The van der Waals surface area contributed by atoms with Gasteiger partial charge in [0.25, 0.3) is 5.91 Å². The van der Waals surface area contributed by atoms with Crippen LogP contribution in [0.5, 0.6) is 0 Å². The first kappa shape index (κ1) is 17.1.